The van der Waals surface area contributed by atoms with Gasteiger partial charge in [0, 0.05) is 6.04 Å². The van der Waals surface area contributed by atoms with Crippen molar-refractivity contribution in [1.29, 1.82) is 0 Å². The highest BCUT2D eigenvalue weighted by Gasteiger charge is 2.16. The first-order chi connectivity index (χ1) is 8.65. The normalized spacial score (nSPS) is 16.3. The molecule has 0 unspecified atom stereocenters. The largest absolute Gasteiger partial charge is 0.507 e. The van der Waals surface area contributed by atoms with Crippen LogP contribution in [0.15, 0.2) is 22.7 Å². The molecule has 0 atom stereocenters. The molecule has 1 amide bonds. The van der Waals surface area contributed by atoms with Gasteiger partial charge in [0.2, 0.25) is 0 Å². The summed E-state index contributed by atoms with van der Waals surface area (Å²) in [6, 6.07) is 4.83. The number of ether oxygens (including phenoxy) is 1. The lowest BCUT2D eigenvalue weighted by atomic mass is 9.96. The highest BCUT2D eigenvalue weighted by molar-refractivity contribution is 9.10. The number of rotatable bonds is 2. The summed E-state index contributed by atoms with van der Waals surface area (Å²) in [4.78, 5) is 11.7. The van der Waals surface area contributed by atoms with Crippen molar-refractivity contribution >= 4 is 22.0 Å². The molecule has 0 heterocycles. The quantitative estimate of drug-likeness (QED) is 0.877. The number of halogens is 1. The van der Waals surface area contributed by atoms with Crippen LogP contribution in [0.3, 0.4) is 0 Å². The SMILES string of the molecule is O=C(NC1CCCCC1)Oc1ccc(O)c(Br)c1. The van der Waals surface area contributed by atoms with E-state index in [0.717, 1.165) is 25.7 Å². The van der Waals surface area contributed by atoms with Crippen molar-refractivity contribution in [2.75, 3.05) is 0 Å². The zero-order chi connectivity index (χ0) is 13.0. The Bertz CT molecular complexity index is 430. The third kappa shape index (κ3) is 3.63. The predicted octanol–water partition coefficient (Wildman–Crippen LogP) is 3.58. The maximum atomic E-state index is 11.7. The molecule has 2 N–H and O–H groups in total. The fourth-order valence-electron chi connectivity index (χ4n) is 2.10. The standard InChI is InChI=1S/C13H16BrNO3/c14-11-8-10(6-7-12(11)16)18-13(17)15-9-4-2-1-3-5-9/h6-9,16H,1-5H2,(H,15,17). The maximum absolute atomic E-state index is 11.7. The minimum Gasteiger partial charge on any atom is -0.507 e. The molecular weight excluding hydrogens is 298 g/mol. The van der Waals surface area contributed by atoms with E-state index in [1.807, 2.05) is 0 Å². The second-order valence-corrected chi connectivity index (χ2v) is 5.34. The molecule has 98 valence electrons. The van der Waals surface area contributed by atoms with Gasteiger partial charge in [-0.1, -0.05) is 19.3 Å². The van der Waals surface area contributed by atoms with Crippen LogP contribution in [0.5, 0.6) is 11.5 Å². The van der Waals surface area contributed by atoms with Crippen molar-refractivity contribution in [1.82, 2.24) is 5.32 Å². The van der Waals surface area contributed by atoms with E-state index in [1.165, 1.54) is 12.5 Å². The van der Waals surface area contributed by atoms with Crippen molar-refractivity contribution < 1.29 is 14.6 Å². The molecule has 1 aromatic rings. The molecule has 1 saturated carbocycles. The predicted molar refractivity (Wildman–Crippen MR) is 71.8 cm³/mol. The van der Waals surface area contributed by atoms with Crippen LogP contribution < -0.4 is 10.1 Å². The molecule has 0 aromatic heterocycles. The molecule has 2 rings (SSSR count). The van der Waals surface area contributed by atoms with Crippen LogP contribution in [0.25, 0.3) is 0 Å². The molecule has 0 aliphatic heterocycles. The smallest absolute Gasteiger partial charge is 0.412 e. The van der Waals surface area contributed by atoms with Crippen LogP contribution in [0.4, 0.5) is 4.79 Å². The second kappa shape index (κ2) is 6.09. The van der Waals surface area contributed by atoms with Crippen molar-refractivity contribution in [3.05, 3.63) is 22.7 Å². The number of carbonyl (C=O) groups is 1. The molecule has 0 bridgehead atoms. The Morgan fingerprint density at radius 2 is 2.06 bits per heavy atom. The Labute approximate surface area is 114 Å². The van der Waals surface area contributed by atoms with E-state index in [2.05, 4.69) is 21.2 Å². The van der Waals surface area contributed by atoms with Crippen LogP contribution in [-0.2, 0) is 0 Å². The summed E-state index contributed by atoms with van der Waals surface area (Å²) in [5.41, 5.74) is 0. The Balaban J connectivity index is 1.88. The van der Waals surface area contributed by atoms with Gasteiger partial charge >= 0.3 is 6.09 Å². The number of amides is 1. The van der Waals surface area contributed by atoms with Gasteiger partial charge in [-0.2, -0.15) is 0 Å². The summed E-state index contributed by atoms with van der Waals surface area (Å²) in [5.74, 6) is 0.531. The molecule has 0 radical (unpaired) electrons. The molecule has 5 heteroatoms. The van der Waals surface area contributed by atoms with Crippen LogP contribution in [-0.4, -0.2) is 17.2 Å². The van der Waals surface area contributed by atoms with Crippen molar-refractivity contribution in [3.8, 4) is 11.5 Å². The van der Waals surface area contributed by atoms with Gasteiger partial charge in [0.25, 0.3) is 0 Å². The van der Waals surface area contributed by atoms with Crippen LogP contribution in [0.2, 0.25) is 0 Å². The third-order valence-electron chi connectivity index (χ3n) is 3.06. The van der Waals surface area contributed by atoms with Gasteiger partial charge in [0.05, 0.1) is 4.47 Å². The van der Waals surface area contributed by atoms with Crippen molar-refractivity contribution in [2.24, 2.45) is 0 Å². The maximum Gasteiger partial charge on any atom is 0.412 e. The summed E-state index contributed by atoms with van der Waals surface area (Å²) in [7, 11) is 0. The van der Waals surface area contributed by atoms with E-state index in [9.17, 15) is 9.90 Å². The topological polar surface area (TPSA) is 58.6 Å². The number of hydrogen-bond donors (Lipinski definition) is 2. The Morgan fingerprint density at radius 1 is 1.33 bits per heavy atom. The molecule has 18 heavy (non-hydrogen) atoms. The highest BCUT2D eigenvalue weighted by atomic mass is 79.9. The summed E-state index contributed by atoms with van der Waals surface area (Å²) < 4.78 is 5.67. The lowest BCUT2D eigenvalue weighted by Gasteiger charge is -2.22. The number of benzene rings is 1. The summed E-state index contributed by atoms with van der Waals surface area (Å²) >= 11 is 3.17. The average Bonchev–Trinajstić information content (AvgIpc) is 2.35. The van der Waals surface area contributed by atoms with Gasteiger partial charge in [0.1, 0.15) is 11.5 Å². The second-order valence-electron chi connectivity index (χ2n) is 4.48. The minimum absolute atomic E-state index is 0.120. The molecule has 1 aromatic carbocycles. The Hall–Kier alpha value is -1.23. The average molecular weight is 314 g/mol. The van der Waals surface area contributed by atoms with E-state index in [-0.39, 0.29) is 11.8 Å². The van der Waals surface area contributed by atoms with E-state index in [1.54, 1.807) is 12.1 Å². The number of phenols is 1. The molecule has 0 spiro atoms. The number of carbonyl (C=O) groups excluding carboxylic acids is 1. The van der Waals surface area contributed by atoms with Gasteiger partial charge in [-0.05, 0) is 47.0 Å². The monoisotopic (exact) mass is 313 g/mol. The van der Waals surface area contributed by atoms with Gasteiger partial charge in [-0.15, -0.1) is 0 Å². The van der Waals surface area contributed by atoms with Crippen LogP contribution >= 0.6 is 15.9 Å². The third-order valence-corrected chi connectivity index (χ3v) is 3.69. The first-order valence-electron chi connectivity index (χ1n) is 6.12. The van der Waals surface area contributed by atoms with E-state index in [4.69, 9.17) is 4.74 Å². The zero-order valence-corrected chi connectivity index (χ0v) is 11.6. The first kappa shape index (κ1) is 13.2. The van der Waals surface area contributed by atoms with Crippen molar-refractivity contribution in [2.45, 2.75) is 38.1 Å². The van der Waals surface area contributed by atoms with E-state index >= 15 is 0 Å². The molecule has 1 aliphatic carbocycles. The highest BCUT2D eigenvalue weighted by Crippen LogP contribution is 2.28. The molecule has 4 nitrogen and oxygen atoms in total. The molecular formula is C13H16BrNO3. The van der Waals surface area contributed by atoms with Gasteiger partial charge in [-0.3, -0.25) is 0 Å². The zero-order valence-electron chi connectivity index (χ0n) is 9.99. The number of aromatic hydroxyl groups is 1. The lowest BCUT2D eigenvalue weighted by molar-refractivity contribution is 0.192. The number of phenolic OH excluding ortho intramolecular Hbond substituents is 1. The molecule has 0 saturated heterocycles. The van der Waals surface area contributed by atoms with Gasteiger partial charge in [0.15, 0.2) is 0 Å². The first-order valence-corrected chi connectivity index (χ1v) is 6.91. The molecule has 1 aliphatic rings. The Kier molecular flexibility index (Phi) is 4.47. The number of nitrogens with one attached hydrogen (secondary N) is 1. The van der Waals surface area contributed by atoms with Gasteiger partial charge < -0.3 is 15.2 Å². The molecule has 1 fully saturated rings. The fraction of sp³-hybridized carbons (Fsp3) is 0.462. The fourth-order valence-corrected chi connectivity index (χ4v) is 2.46. The van der Waals surface area contributed by atoms with Crippen molar-refractivity contribution in [3.63, 3.8) is 0 Å². The van der Waals surface area contributed by atoms with Crippen LogP contribution in [0.1, 0.15) is 32.1 Å². The van der Waals surface area contributed by atoms with Crippen LogP contribution in [0, 0.1) is 0 Å². The minimum atomic E-state index is -0.431. The number of hydrogen-bond acceptors (Lipinski definition) is 3. The van der Waals surface area contributed by atoms with Gasteiger partial charge in [-0.25, -0.2) is 4.79 Å². The summed E-state index contributed by atoms with van der Waals surface area (Å²) in [6.45, 7) is 0. The van der Waals surface area contributed by atoms with E-state index < -0.39 is 6.09 Å². The lowest BCUT2D eigenvalue weighted by Crippen LogP contribution is -2.37. The summed E-state index contributed by atoms with van der Waals surface area (Å²) in [5, 5.41) is 12.2. The van der Waals surface area contributed by atoms with E-state index in [0.29, 0.717) is 10.2 Å². The Morgan fingerprint density at radius 3 is 2.72 bits per heavy atom. The summed E-state index contributed by atoms with van der Waals surface area (Å²) in [6.07, 6.45) is 5.19.